The highest BCUT2D eigenvalue weighted by Gasteiger charge is 2.18. The zero-order valence-corrected chi connectivity index (χ0v) is 13.8. The predicted octanol–water partition coefficient (Wildman–Crippen LogP) is 4.53. The second-order valence-corrected chi connectivity index (χ2v) is 5.88. The zero-order chi connectivity index (χ0) is 18.3. The Balaban J connectivity index is 2.11. The van der Waals surface area contributed by atoms with Crippen LogP contribution in [-0.4, -0.2) is 0 Å². The number of benzene rings is 2. The summed E-state index contributed by atoms with van der Waals surface area (Å²) < 4.78 is 23.8. The molecule has 5 heteroatoms. The van der Waals surface area contributed by atoms with Gasteiger partial charge in [-0.2, -0.15) is 0 Å². The minimum atomic E-state index is -0.765. The number of halogens is 1. The Labute approximate surface area is 147 Å². The predicted molar refractivity (Wildman–Crippen MR) is 96.6 cm³/mol. The van der Waals surface area contributed by atoms with Gasteiger partial charge in [0.15, 0.2) is 5.39 Å². The summed E-state index contributed by atoms with van der Waals surface area (Å²) >= 11 is 0. The number of hydrogen-bond donors (Lipinski definition) is 0. The Morgan fingerprint density at radius 3 is 2.15 bits per heavy atom. The Kier molecular flexibility index (Phi) is 3.77. The fourth-order valence-electron chi connectivity index (χ4n) is 3.03. The fourth-order valence-corrected chi connectivity index (χ4v) is 3.03. The van der Waals surface area contributed by atoms with Crippen LogP contribution in [-0.2, 0) is 0 Å². The van der Waals surface area contributed by atoms with Gasteiger partial charge in [-0.15, -0.1) is 0 Å². The third-order valence-electron chi connectivity index (χ3n) is 4.21. The van der Waals surface area contributed by atoms with Crippen LogP contribution in [0.3, 0.4) is 0 Å². The van der Waals surface area contributed by atoms with Gasteiger partial charge in [0.1, 0.15) is 17.3 Å². The van der Waals surface area contributed by atoms with E-state index in [0.717, 1.165) is 0 Å². The van der Waals surface area contributed by atoms with Crippen LogP contribution >= 0.6 is 0 Å². The van der Waals surface area contributed by atoms with Crippen LogP contribution in [0.25, 0.3) is 33.2 Å². The van der Waals surface area contributed by atoms with E-state index >= 15 is 0 Å². The lowest BCUT2D eigenvalue weighted by Gasteiger charge is -2.10. The molecule has 4 rings (SSSR count). The number of rotatable bonds is 2. The lowest BCUT2D eigenvalue weighted by Crippen LogP contribution is -2.13. The second kappa shape index (κ2) is 6.11. The highest BCUT2D eigenvalue weighted by Crippen LogP contribution is 2.31. The molecule has 0 saturated heterocycles. The summed E-state index contributed by atoms with van der Waals surface area (Å²) in [5.41, 5.74) is 0.393. The molecule has 0 bridgehead atoms. The third kappa shape index (κ3) is 2.63. The van der Waals surface area contributed by atoms with Gasteiger partial charge in [0, 0.05) is 16.5 Å². The summed E-state index contributed by atoms with van der Waals surface area (Å²) in [6.07, 6.45) is 0. The van der Waals surface area contributed by atoms with E-state index in [-0.39, 0.29) is 11.2 Å². The molecule has 0 atom stereocenters. The van der Waals surface area contributed by atoms with E-state index < -0.39 is 11.3 Å². The lowest BCUT2D eigenvalue weighted by molar-refractivity contribution is 0.482. The highest BCUT2D eigenvalue weighted by atomic mass is 19.1. The van der Waals surface area contributed by atoms with Crippen LogP contribution in [0, 0.1) is 12.7 Å². The van der Waals surface area contributed by atoms with Crippen molar-refractivity contribution in [3.05, 3.63) is 93.1 Å². The molecule has 0 fully saturated rings. The second-order valence-electron chi connectivity index (χ2n) is 5.88. The average molecular weight is 348 g/mol. The van der Waals surface area contributed by atoms with Gasteiger partial charge in [0.2, 0.25) is 0 Å². The summed E-state index contributed by atoms with van der Waals surface area (Å²) in [6.45, 7) is 1.64. The van der Waals surface area contributed by atoms with Crippen LogP contribution in [0.4, 0.5) is 4.39 Å². The number of hydrogen-bond acceptors (Lipinski definition) is 4. The van der Waals surface area contributed by atoms with Gasteiger partial charge < -0.3 is 8.83 Å². The maximum atomic E-state index is 13.3. The van der Waals surface area contributed by atoms with Crippen LogP contribution < -0.4 is 11.3 Å². The van der Waals surface area contributed by atoms with Crippen LogP contribution in [0.5, 0.6) is 0 Å². The van der Waals surface area contributed by atoms with Gasteiger partial charge in [-0.25, -0.2) is 14.0 Å². The Bertz CT molecular complexity index is 1220. The van der Waals surface area contributed by atoms with Crippen molar-refractivity contribution >= 4 is 10.8 Å². The van der Waals surface area contributed by atoms with E-state index in [9.17, 15) is 14.0 Å². The molecule has 4 nitrogen and oxygen atoms in total. The summed E-state index contributed by atoms with van der Waals surface area (Å²) in [6, 6.07) is 16.5. The molecule has 0 aliphatic carbocycles. The topological polar surface area (TPSA) is 60.4 Å². The van der Waals surface area contributed by atoms with E-state index in [2.05, 4.69) is 0 Å². The maximum Gasteiger partial charge on any atom is 0.351 e. The van der Waals surface area contributed by atoms with Crippen molar-refractivity contribution in [2.45, 2.75) is 6.92 Å². The molecule has 0 radical (unpaired) electrons. The molecule has 2 aromatic carbocycles. The van der Waals surface area contributed by atoms with Crippen molar-refractivity contribution in [2.75, 3.05) is 0 Å². The molecule has 128 valence electrons. The quantitative estimate of drug-likeness (QED) is 0.534. The van der Waals surface area contributed by atoms with Gasteiger partial charge >= 0.3 is 11.3 Å². The highest BCUT2D eigenvalue weighted by molar-refractivity contribution is 5.97. The largest absolute Gasteiger partial charge is 0.427 e. The SMILES string of the molecule is Cc1oc(=O)c2c(=O)oc(-c3ccccc3)cc2c1-c1ccc(F)cc1. The van der Waals surface area contributed by atoms with E-state index in [1.807, 2.05) is 18.2 Å². The molecule has 2 aromatic heterocycles. The van der Waals surface area contributed by atoms with Gasteiger partial charge in [0.25, 0.3) is 0 Å². The van der Waals surface area contributed by atoms with Crippen LogP contribution in [0.1, 0.15) is 5.76 Å². The molecule has 0 saturated carbocycles. The van der Waals surface area contributed by atoms with Gasteiger partial charge in [-0.05, 0) is 30.7 Å². The number of fused-ring (bicyclic) bond motifs is 1. The standard InChI is InChI=1S/C21H13FO4/c1-12-18(14-7-9-15(22)10-8-14)16-11-17(13-5-3-2-4-6-13)26-21(24)19(16)20(23)25-12/h2-11H,1H3. The lowest BCUT2D eigenvalue weighted by atomic mass is 9.98. The normalized spacial score (nSPS) is 11.0. The van der Waals surface area contributed by atoms with Gasteiger partial charge in [-0.1, -0.05) is 42.5 Å². The monoisotopic (exact) mass is 348 g/mol. The summed E-state index contributed by atoms with van der Waals surface area (Å²) in [5.74, 6) is 0.313. The van der Waals surface area contributed by atoms with Gasteiger partial charge in [-0.3, -0.25) is 0 Å². The molecule has 0 amide bonds. The zero-order valence-electron chi connectivity index (χ0n) is 13.8. The van der Waals surface area contributed by atoms with E-state index in [1.165, 1.54) is 12.1 Å². The molecule has 0 spiro atoms. The van der Waals surface area contributed by atoms with Crippen molar-refractivity contribution in [1.82, 2.24) is 0 Å². The van der Waals surface area contributed by atoms with Crippen molar-refractivity contribution < 1.29 is 13.2 Å². The minimum absolute atomic E-state index is 0.158. The molecule has 26 heavy (non-hydrogen) atoms. The van der Waals surface area contributed by atoms with E-state index in [1.54, 1.807) is 37.3 Å². The first kappa shape index (κ1) is 16.0. The molecule has 0 aliphatic rings. The van der Waals surface area contributed by atoms with Crippen molar-refractivity contribution in [3.63, 3.8) is 0 Å². The molecule has 0 aliphatic heterocycles. The number of aryl methyl sites for hydroxylation is 1. The van der Waals surface area contributed by atoms with E-state index in [0.29, 0.717) is 33.6 Å². The first-order valence-corrected chi connectivity index (χ1v) is 7.97. The van der Waals surface area contributed by atoms with E-state index in [4.69, 9.17) is 8.83 Å². The molecular weight excluding hydrogens is 335 g/mol. The molecule has 2 heterocycles. The van der Waals surface area contributed by atoms with Crippen LogP contribution in [0.2, 0.25) is 0 Å². The molecule has 4 aromatic rings. The Morgan fingerprint density at radius 2 is 1.46 bits per heavy atom. The first-order valence-electron chi connectivity index (χ1n) is 7.97. The molecule has 0 N–H and O–H groups in total. The molecule has 0 unspecified atom stereocenters. The Morgan fingerprint density at radius 1 is 0.808 bits per heavy atom. The fraction of sp³-hybridized carbons (Fsp3) is 0.0476. The average Bonchev–Trinajstić information content (AvgIpc) is 2.63. The summed E-state index contributed by atoms with van der Waals surface area (Å²) in [7, 11) is 0. The first-order chi connectivity index (χ1) is 12.5. The Hall–Kier alpha value is -3.47. The third-order valence-corrected chi connectivity index (χ3v) is 4.21. The van der Waals surface area contributed by atoms with Crippen LogP contribution in [0.15, 0.2) is 79.1 Å². The summed E-state index contributed by atoms with van der Waals surface area (Å²) in [5, 5.41) is 0.259. The molecular formula is C21H13FO4. The van der Waals surface area contributed by atoms with Crippen molar-refractivity contribution in [2.24, 2.45) is 0 Å². The van der Waals surface area contributed by atoms with Crippen molar-refractivity contribution in [1.29, 1.82) is 0 Å². The smallest absolute Gasteiger partial charge is 0.351 e. The maximum absolute atomic E-state index is 13.3. The van der Waals surface area contributed by atoms with Gasteiger partial charge in [0.05, 0.1) is 0 Å². The minimum Gasteiger partial charge on any atom is -0.427 e. The summed E-state index contributed by atoms with van der Waals surface area (Å²) in [4.78, 5) is 24.7. The van der Waals surface area contributed by atoms with Crippen molar-refractivity contribution in [3.8, 4) is 22.5 Å².